The van der Waals surface area contributed by atoms with Crippen molar-refractivity contribution in [1.82, 2.24) is 5.16 Å². The third kappa shape index (κ3) is 2.68. The molecule has 1 aromatic heterocycles. The monoisotopic (exact) mass is 257 g/mol. The molecule has 0 aliphatic carbocycles. The van der Waals surface area contributed by atoms with Gasteiger partial charge in [-0.2, -0.15) is 0 Å². The molecule has 0 spiro atoms. The van der Waals surface area contributed by atoms with Gasteiger partial charge in [-0.1, -0.05) is 28.4 Å². The minimum Gasteiger partial charge on any atom is -0.484 e. The molecule has 84 valence electrons. The lowest BCUT2D eigenvalue weighted by Gasteiger charge is -2.05. The number of hydrogen-bond acceptors (Lipinski definition) is 3. The van der Waals surface area contributed by atoms with E-state index in [2.05, 4.69) is 5.16 Å². The highest BCUT2D eigenvalue weighted by Crippen LogP contribution is 2.28. The second-order valence-corrected chi connectivity index (χ2v) is 4.14. The molecule has 2 aromatic rings. The minimum atomic E-state index is 0.294. The van der Waals surface area contributed by atoms with Crippen molar-refractivity contribution in [2.75, 3.05) is 0 Å². The molecule has 5 heteroatoms. The number of halogens is 2. The number of nitrogens with zero attached hydrogens (tertiary/aromatic N) is 1. The highest BCUT2D eigenvalue weighted by atomic mass is 35.5. The van der Waals surface area contributed by atoms with Gasteiger partial charge in [0, 0.05) is 11.1 Å². The van der Waals surface area contributed by atoms with E-state index in [4.69, 9.17) is 32.5 Å². The average molecular weight is 258 g/mol. The van der Waals surface area contributed by atoms with Crippen LogP contribution in [0.1, 0.15) is 11.5 Å². The Balaban J connectivity index is 2.04. The van der Waals surface area contributed by atoms with E-state index in [9.17, 15) is 0 Å². The highest BCUT2D eigenvalue weighted by molar-refractivity contribution is 6.35. The third-order valence-corrected chi connectivity index (χ3v) is 2.47. The van der Waals surface area contributed by atoms with E-state index >= 15 is 0 Å². The van der Waals surface area contributed by atoms with Crippen LogP contribution in [-0.2, 0) is 6.61 Å². The molecule has 1 heterocycles. The first-order valence-corrected chi connectivity index (χ1v) is 5.41. The topological polar surface area (TPSA) is 35.3 Å². The second kappa shape index (κ2) is 4.76. The lowest BCUT2D eigenvalue weighted by atomic mass is 10.3. The van der Waals surface area contributed by atoms with E-state index in [-0.39, 0.29) is 0 Å². The summed E-state index contributed by atoms with van der Waals surface area (Å²) < 4.78 is 10.5. The molecule has 0 fully saturated rings. The molecule has 1 aromatic carbocycles. The van der Waals surface area contributed by atoms with Crippen molar-refractivity contribution >= 4 is 23.2 Å². The van der Waals surface area contributed by atoms with Gasteiger partial charge in [-0.15, -0.1) is 0 Å². The SMILES string of the molecule is Cc1cc(COc2ccc(Cl)cc2Cl)on1. The molecule has 3 nitrogen and oxygen atoms in total. The second-order valence-electron chi connectivity index (χ2n) is 3.30. The molecule has 2 rings (SSSR count). The van der Waals surface area contributed by atoms with E-state index in [0.29, 0.717) is 28.2 Å². The molecular weight excluding hydrogens is 249 g/mol. The molecule has 0 atom stereocenters. The Morgan fingerprint density at radius 3 is 2.75 bits per heavy atom. The summed E-state index contributed by atoms with van der Waals surface area (Å²) >= 11 is 11.7. The van der Waals surface area contributed by atoms with Gasteiger partial charge in [-0.3, -0.25) is 0 Å². The van der Waals surface area contributed by atoms with Crippen molar-refractivity contribution in [1.29, 1.82) is 0 Å². The Morgan fingerprint density at radius 1 is 1.31 bits per heavy atom. The van der Waals surface area contributed by atoms with Crippen LogP contribution in [0.3, 0.4) is 0 Å². The molecular formula is C11H9Cl2NO2. The molecule has 0 aliphatic heterocycles. The fourth-order valence-electron chi connectivity index (χ4n) is 1.23. The maximum Gasteiger partial charge on any atom is 0.174 e. The Bertz CT molecular complexity index is 496. The van der Waals surface area contributed by atoms with Crippen LogP contribution in [0.25, 0.3) is 0 Å². The molecule has 0 radical (unpaired) electrons. The first-order valence-electron chi connectivity index (χ1n) is 4.65. The number of rotatable bonds is 3. The zero-order valence-electron chi connectivity index (χ0n) is 8.54. The van der Waals surface area contributed by atoms with Gasteiger partial charge in [0.2, 0.25) is 0 Å². The molecule has 0 bridgehead atoms. The van der Waals surface area contributed by atoms with Gasteiger partial charge < -0.3 is 9.26 Å². The summed E-state index contributed by atoms with van der Waals surface area (Å²) in [6.45, 7) is 2.14. The smallest absolute Gasteiger partial charge is 0.174 e. The zero-order chi connectivity index (χ0) is 11.5. The normalized spacial score (nSPS) is 10.4. The summed E-state index contributed by atoms with van der Waals surface area (Å²) in [5.74, 6) is 1.23. The van der Waals surface area contributed by atoms with E-state index in [1.807, 2.05) is 13.0 Å². The van der Waals surface area contributed by atoms with Crippen LogP contribution in [0.15, 0.2) is 28.8 Å². The fourth-order valence-corrected chi connectivity index (χ4v) is 1.69. The summed E-state index contributed by atoms with van der Waals surface area (Å²) in [5.41, 5.74) is 0.820. The van der Waals surface area contributed by atoms with Crippen molar-refractivity contribution in [3.63, 3.8) is 0 Å². The van der Waals surface area contributed by atoms with Crippen molar-refractivity contribution in [2.24, 2.45) is 0 Å². The Kier molecular flexibility index (Phi) is 3.36. The number of ether oxygens (including phenoxy) is 1. The Hall–Kier alpha value is -1.19. The molecule has 0 aliphatic rings. The van der Waals surface area contributed by atoms with E-state index in [0.717, 1.165) is 5.69 Å². The van der Waals surface area contributed by atoms with Crippen molar-refractivity contribution < 1.29 is 9.26 Å². The fraction of sp³-hybridized carbons (Fsp3) is 0.182. The van der Waals surface area contributed by atoms with Crippen LogP contribution in [-0.4, -0.2) is 5.16 Å². The number of benzene rings is 1. The molecule has 0 saturated carbocycles. The Labute approximate surface area is 103 Å². The van der Waals surface area contributed by atoms with Crippen molar-refractivity contribution in [2.45, 2.75) is 13.5 Å². The van der Waals surface area contributed by atoms with Gasteiger partial charge in [-0.05, 0) is 25.1 Å². The predicted octanol–water partition coefficient (Wildman–Crippen LogP) is 3.87. The lowest BCUT2D eigenvalue weighted by molar-refractivity contribution is 0.249. The van der Waals surface area contributed by atoms with E-state index in [1.165, 1.54) is 0 Å². The predicted molar refractivity (Wildman–Crippen MR) is 62.0 cm³/mol. The molecule has 0 N–H and O–H groups in total. The number of aromatic nitrogens is 1. The van der Waals surface area contributed by atoms with Crippen LogP contribution >= 0.6 is 23.2 Å². The lowest BCUT2D eigenvalue weighted by Crippen LogP contribution is -1.94. The maximum absolute atomic E-state index is 5.95. The quantitative estimate of drug-likeness (QED) is 0.838. The van der Waals surface area contributed by atoms with Gasteiger partial charge in [0.25, 0.3) is 0 Å². The van der Waals surface area contributed by atoms with Crippen molar-refractivity contribution in [3.8, 4) is 5.75 Å². The first kappa shape index (κ1) is 11.3. The number of aryl methyl sites for hydroxylation is 1. The zero-order valence-corrected chi connectivity index (χ0v) is 10.0. The summed E-state index contributed by atoms with van der Waals surface area (Å²) in [5, 5.41) is 4.81. The van der Waals surface area contributed by atoms with Gasteiger partial charge in [-0.25, -0.2) is 0 Å². The third-order valence-electron chi connectivity index (χ3n) is 1.94. The average Bonchev–Trinajstić information content (AvgIpc) is 2.63. The Morgan fingerprint density at radius 2 is 2.12 bits per heavy atom. The molecule has 0 unspecified atom stereocenters. The van der Waals surface area contributed by atoms with E-state index in [1.54, 1.807) is 18.2 Å². The van der Waals surface area contributed by atoms with Gasteiger partial charge in [0.15, 0.2) is 5.76 Å². The summed E-state index contributed by atoms with van der Waals surface area (Å²) in [4.78, 5) is 0. The van der Waals surface area contributed by atoms with Gasteiger partial charge in [0.05, 0.1) is 10.7 Å². The molecule has 0 amide bonds. The first-order chi connectivity index (χ1) is 7.65. The van der Waals surface area contributed by atoms with Gasteiger partial charge in [0.1, 0.15) is 12.4 Å². The molecule has 0 saturated heterocycles. The van der Waals surface area contributed by atoms with Gasteiger partial charge >= 0.3 is 0 Å². The van der Waals surface area contributed by atoms with Crippen LogP contribution in [0.4, 0.5) is 0 Å². The standard InChI is InChI=1S/C11H9Cl2NO2/c1-7-4-9(16-14-7)6-15-11-3-2-8(12)5-10(11)13/h2-5H,6H2,1H3. The summed E-state index contributed by atoms with van der Waals surface area (Å²) in [6.07, 6.45) is 0. The largest absolute Gasteiger partial charge is 0.484 e. The molecule has 16 heavy (non-hydrogen) atoms. The van der Waals surface area contributed by atoms with Crippen LogP contribution in [0.2, 0.25) is 10.0 Å². The maximum atomic E-state index is 5.95. The highest BCUT2D eigenvalue weighted by Gasteiger charge is 2.05. The van der Waals surface area contributed by atoms with Crippen LogP contribution in [0, 0.1) is 6.92 Å². The van der Waals surface area contributed by atoms with Crippen LogP contribution < -0.4 is 4.74 Å². The van der Waals surface area contributed by atoms with Crippen LogP contribution in [0.5, 0.6) is 5.75 Å². The van der Waals surface area contributed by atoms with E-state index < -0.39 is 0 Å². The minimum absolute atomic E-state index is 0.294. The number of hydrogen-bond donors (Lipinski definition) is 0. The van der Waals surface area contributed by atoms with Crippen molar-refractivity contribution in [3.05, 3.63) is 45.8 Å². The summed E-state index contributed by atoms with van der Waals surface area (Å²) in [7, 11) is 0. The summed E-state index contributed by atoms with van der Waals surface area (Å²) in [6, 6.07) is 6.87.